The monoisotopic (exact) mass is 256 g/mol. The maximum atomic E-state index is 13.2. The Morgan fingerprint density at radius 2 is 1.67 bits per heavy atom. The predicted molar refractivity (Wildman–Crippen MR) is 59.0 cm³/mol. The third-order valence-electron chi connectivity index (χ3n) is 2.46. The van der Waals surface area contributed by atoms with Gasteiger partial charge in [0.2, 0.25) is 0 Å². The van der Waals surface area contributed by atoms with Crippen LogP contribution < -0.4 is 5.73 Å². The Kier molecular flexibility index (Phi) is 2.94. The zero-order valence-electron chi connectivity index (χ0n) is 9.00. The number of rotatable bonds is 1. The molecular weight excluding hydrogens is 248 g/mol. The van der Waals surface area contributed by atoms with Gasteiger partial charge in [0.25, 0.3) is 0 Å². The topological polar surface area (TPSA) is 38.9 Å². The highest BCUT2D eigenvalue weighted by atomic mass is 19.4. The minimum Gasteiger partial charge on any atom is -0.396 e. The lowest BCUT2D eigenvalue weighted by atomic mass is 9.99. The summed E-state index contributed by atoms with van der Waals surface area (Å²) in [7, 11) is 0. The summed E-state index contributed by atoms with van der Waals surface area (Å²) in [5.41, 5.74) is 3.98. The third-order valence-corrected chi connectivity index (χ3v) is 2.46. The molecule has 1 aromatic heterocycles. The molecule has 0 saturated carbocycles. The molecular formula is C12H8F4N2. The van der Waals surface area contributed by atoms with Crippen molar-refractivity contribution in [3.63, 3.8) is 0 Å². The minimum atomic E-state index is -4.53. The second kappa shape index (κ2) is 4.29. The summed E-state index contributed by atoms with van der Waals surface area (Å²) in [5.74, 6) is -0.843. The average Bonchev–Trinajstić information content (AvgIpc) is 2.32. The highest BCUT2D eigenvalue weighted by Gasteiger charge is 2.33. The van der Waals surface area contributed by atoms with Gasteiger partial charge in [-0.05, 0) is 11.6 Å². The molecule has 0 aliphatic rings. The molecule has 0 aliphatic heterocycles. The molecule has 6 heteroatoms. The lowest BCUT2D eigenvalue weighted by Crippen LogP contribution is -2.08. The zero-order chi connectivity index (χ0) is 13.3. The number of alkyl halides is 3. The number of anilines is 1. The van der Waals surface area contributed by atoms with E-state index in [9.17, 15) is 17.6 Å². The van der Waals surface area contributed by atoms with Gasteiger partial charge in [-0.15, -0.1) is 0 Å². The van der Waals surface area contributed by atoms with Gasteiger partial charge in [-0.1, -0.05) is 18.2 Å². The van der Waals surface area contributed by atoms with Gasteiger partial charge in [0.15, 0.2) is 5.82 Å². The summed E-state index contributed by atoms with van der Waals surface area (Å²) < 4.78 is 51.7. The summed E-state index contributed by atoms with van der Waals surface area (Å²) in [4.78, 5) is 3.52. The molecule has 2 aromatic rings. The number of pyridine rings is 1. The first-order chi connectivity index (χ1) is 8.41. The van der Waals surface area contributed by atoms with Crippen molar-refractivity contribution >= 4 is 5.69 Å². The normalized spacial score (nSPS) is 11.6. The minimum absolute atomic E-state index is 0.0667. The lowest BCUT2D eigenvalue weighted by Gasteiger charge is -2.13. The Morgan fingerprint density at radius 3 is 2.33 bits per heavy atom. The Hall–Kier alpha value is -2.11. The van der Waals surface area contributed by atoms with E-state index in [4.69, 9.17) is 5.73 Å². The number of hydrogen-bond acceptors (Lipinski definition) is 2. The lowest BCUT2D eigenvalue weighted by molar-refractivity contribution is -0.137. The van der Waals surface area contributed by atoms with E-state index >= 15 is 0 Å². The van der Waals surface area contributed by atoms with Crippen molar-refractivity contribution in [1.82, 2.24) is 4.98 Å². The van der Waals surface area contributed by atoms with Gasteiger partial charge in [0.05, 0.1) is 17.4 Å². The van der Waals surface area contributed by atoms with Crippen molar-refractivity contribution in [3.8, 4) is 11.1 Å². The van der Waals surface area contributed by atoms with E-state index in [2.05, 4.69) is 4.98 Å². The molecule has 2 N–H and O–H groups in total. The van der Waals surface area contributed by atoms with E-state index in [-0.39, 0.29) is 16.8 Å². The number of nitrogen functional groups attached to an aromatic ring is 1. The smallest absolute Gasteiger partial charge is 0.396 e. The van der Waals surface area contributed by atoms with Gasteiger partial charge in [-0.3, -0.25) is 4.98 Å². The maximum Gasteiger partial charge on any atom is 0.417 e. The van der Waals surface area contributed by atoms with Crippen molar-refractivity contribution < 1.29 is 17.6 Å². The summed E-state index contributed by atoms with van der Waals surface area (Å²) in [6.45, 7) is 0. The second-order valence-electron chi connectivity index (χ2n) is 3.63. The molecule has 0 atom stereocenters. The fraction of sp³-hybridized carbons (Fsp3) is 0.0833. The number of benzene rings is 1. The van der Waals surface area contributed by atoms with Crippen molar-refractivity contribution in [3.05, 3.63) is 48.0 Å². The van der Waals surface area contributed by atoms with Gasteiger partial charge < -0.3 is 5.73 Å². The largest absolute Gasteiger partial charge is 0.417 e. The van der Waals surface area contributed by atoms with E-state index in [1.165, 1.54) is 18.2 Å². The molecule has 2 nitrogen and oxygen atoms in total. The number of hydrogen-bond donors (Lipinski definition) is 1. The van der Waals surface area contributed by atoms with Crippen LogP contribution in [0.15, 0.2) is 36.7 Å². The number of halogens is 4. The fourth-order valence-corrected chi connectivity index (χ4v) is 1.62. The highest BCUT2D eigenvalue weighted by Crippen LogP contribution is 2.38. The quantitative estimate of drug-likeness (QED) is 0.793. The van der Waals surface area contributed by atoms with E-state index in [0.717, 1.165) is 18.5 Å². The van der Waals surface area contributed by atoms with Gasteiger partial charge >= 0.3 is 6.18 Å². The first kappa shape index (κ1) is 12.3. The van der Waals surface area contributed by atoms with Crippen LogP contribution in [0.5, 0.6) is 0 Å². The molecule has 0 bridgehead atoms. The molecule has 0 unspecified atom stereocenters. The van der Waals surface area contributed by atoms with Crippen LogP contribution in [-0.2, 0) is 6.18 Å². The molecule has 0 spiro atoms. The van der Waals surface area contributed by atoms with Gasteiger partial charge in [0, 0.05) is 11.8 Å². The number of nitrogens with zero attached hydrogens (tertiary/aromatic N) is 1. The molecule has 0 saturated heterocycles. The fourth-order valence-electron chi connectivity index (χ4n) is 1.62. The van der Waals surface area contributed by atoms with Crippen LogP contribution in [0.2, 0.25) is 0 Å². The second-order valence-corrected chi connectivity index (χ2v) is 3.63. The molecule has 1 aromatic carbocycles. The van der Waals surface area contributed by atoms with Crippen LogP contribution in [0.1, 0.15) is 5.56 Å². The average molecular weight is 256 g/mol. The molecule has 18 heavy (non-hydrogen) atoms. The van der Waals surface area contributed by atoms with Crippen molar-refractivity contribution in [1.29, 1.82) is 0 Å². The summed E-state index contributed by atoms with van der Waals surface area (Å²) in [5, 5.41) is 0. The summed E-state index contributed by atoms with van der Waals surface area (Å²) >= 11 is 0. The molecule has 0 fully saturated rings. The van der Waals surface area contributed by atoms with Crippen LogP contribution in [-0.4, -0.2) is 4.98 Å². The van der Waals surface area contributed by atoms with Crippen molar-refractivity contribution in [2.45, 2.75) is 6.18 Å². The molecule has 1 heterocycles. The van der Waals surface area contributed by atoms with Crippen molar-refractivity contribution in [2.75, 3.05) is 5.73 Å². The standard InChI is InChI=1S/C12H8F4N2/c13-10-6-18-5-8(11(10)17)7-3-1-2-4-9(7)12(14,15)16/h1-6H,(H2,17,18). The zero-order valence-corrected chi connectivity index (χ0v) is 9.00. The summed E-state index contributed by atoms with van der Waals surface area (Å²) in [6.07, 6.45) is -2.56. The first-order valence-corrected chi connectivity index (χ1v) is 4.97. The third kappa shape index (κ3) is 2.13. The Balaban J connectivity index is 2.69. The molecule has 0 amide bonds. The maximum absolute atomic E-state index is 13.2. The van der Waals surface area contributed by atoms with Gasteiger partial charge in [-0.25, -0.2) is 4.39 Å². The van der Waals surface area contributed by atoms with Crippen LogP contribution in [0.4, 0.5) is 23.2 Å². The highest BCUT2D eigenvalue weighted by molar-refractivity contribution is 5.78. The number of aromatic nitrogens is 1. The van der Waals surface area contributed by atoms with E-state index in [0.29, 0.717) is 0 Å². The van der Waals surface area contributed by atoms with Crippen LogP contribution in [0, 0.1) is 5.82 Å². The van der Waals surface area contributed by atoms with Gasteiger partial charge in [0.1, 0.15) is 0 Å². The molecule has 0 aliphatic carbocycles. The Morgan fingerprint density at radius 1 is 1.00 bits per heavy atom. The van der Waals surface area contributed by atoms with E-state index < -0.39 is 17.6 Å². The SMILES string of the molecule is Nc1c(F)cncc1-c1ccccc1C(F)(F)F. The predicted octanol–water partition coefficient (Wildman–Crippen LogP) is 3.49. The van der Waals surface area contributed by atoms with Crippen LogP contribution in [0.25, 0.3) is 11.1 Å². The van der Waals surface area contributed by atoms with Gasteiger partial charge in [-0.2, -0.15) is 13.2 Å². The molecule has 94 valence electrons. The Bertz CT molecular complexity index is 579. The van der Waals surface area contributed by atoms with E-state index in [1.807, 2.05) is 0 Å². The summed E-state index contributed by atoms with van der Waals surface area (Å²) in [6, 6.07) is 4.83. The number of nitrogens with two attached hydrogens (primary N) is 1. The first-order valence-electron chi connectivity index (χ1n) is 4.97. The van der Waals surface area contributed by atoms with Crippen molar-refractivity contribution in [2.24, 2.45) is 0 Å². The molecule has 2 rings (SSSR count). The Labute approximate surface area is 100 Å². The van der Waals surface area contributed by atoms with Crippen LogP contribution >= 0.6 is 0 Å². The van der Waals surface area contributed by atoms with Crippen LogP contribution in [0.3, 0.4) is 0 Å². The molecule has 0 radical (unpaired) electrons. The van der Waals surface area contributed by atoms with E-state index in [1.54, 1.807) is 0 Å².